The highest BCUT2D eigenvalue weighted by atomic mass is 19.4. The van der Waals surface area contributed by atoms with Crippen molar-refractivity contribution in [2.24, 2.45) is 0 Å². The molecule has 2 unspecified atom stereocenters. The molecule has 0 amide bonds. The number of rotatable bonds is 5. The van der Waals surface area contributed by atoms with Crippen molar-refractivity contribution in [2.45, 2.75) is 38.0 Å². The van der Waals surface area contributed by atoms with Gasteiger partial charge in [0.15, 0.2) is 11.3 Å². The van der Waals surface area contributed by atoms with Crippen molar-refractivity contribution in [3.63, 3.8) is 0 Å². The number of carboxylic acid groups (broad SMARTS) is 1. The minimum absolute atomic E-state index is 0.0101. The smallest absolute Gasteiger partial charge is 0.477 e. The molecule has 2 fully saturated rings. The van der Waals surface area contributed by atoms with Gasteiger partial charge in [-0.3, -0.25) is 4.79 Å². The highest BCUT2D eigenvalue weighted by Crippen LogP contribution is 2.35. The Labute approximate surface area is 180 Å². The molecule has 2 aliphatic rings. The van der Waals surface area contributed by atoms with E-state index in [-0.39, 0.29) is 17.7 Å². The number of esters is 1. The minimum Gasteiger partial charge on any atom is -0.477 e. The summed E-state index contributed by atoms with van der Waals surface area (Å²) in [6.07, 6.45) is -4.29. The largest absolute Gasteiger partial charge is 0.491 e. The molecule has 4 rings (SSSR count). The second kappa shape index (κ2) is 7.97. The van der Waals surface area contributed by atoms with Crippen LogP contribution in [0.15, 0.2) is 29.1 Å². The normalized spacial score (nSPS) is 19.9. The van der Waals surface area contributed by atoms with Gasteiger partial charge in [0.25, 0.3) is 5.56 Å². The lowest BCUT2D eigenvalue weighted by Gasteiger charge is -2.29. The molecular formula is C21H20F3N3O5. The molecule has 8 nitrogen and oxygen atoms in total. The summed E-state index contributed by atoms with van der Waals surface area (Å²) < 4.78 is 42.7. The zero-order valence-corrected chi connectivity index (χ0v) is 17.0. The highest BCUT2D eigenvalue weighted by molar-refractivity contribution is 5.94. The Morgan fingerprint density at radius 1 is 1.25 bits per heavy atom. The molecule has 0 radical (unpaired) electrons. The van der Waals surface area contributed by atoms with Crippen LogP contribution in [0.5, 0.6) is 5.75 Å². The number of H-pyrrole nitrogens is 1. The molecule has 0 spiro atoms. The number of aromatic amines is 1. The van der Waals surface area contributed by atoms with Gasteiger partial charge in [-0.25, -0.2) is 9.59 Å². The number of nitrogens with zero attached hydrogens (tertiary/aromatic N) is 1. The number of aromatic carboxylic acids is 1. The SMILES string of the molecule is CCc1c(-c2ccc(N3CC4CC3CN4)cc2)[nH]c(=O)c(C(=O)O)c1OC(=O)C(F)(F)F. The van der Waals surface area contributed by atoms with Crippen molar-refractivity contribution in [1.82, 2.24) is 10.3 Å². The molecular weight excluding hydrogens is 431 g/mol. The van der Waals surface area contributed by atoms with Crippen LogP contribution in [0.4, 0.5) is 18.9 Å². The number of pyridine rings is 1. The molecule has 2 atom stereocenters. The average Bonchev–Trinajstić information content (AvgIpc) is 3.36. The molecule has 2 bridgehead atoms. The fourth-order valence-electron chi connectivity index (χ4n) is 4.36. The number of halogens is 3. The first-order valence-corrected chi connectivity index (χ1v) is 10.0. The van der Waals surface area contributed by atoms with E-state index in [0.29, 0.717) is 17.6 Å². The molecule has 1 aromatic carbocycles. The summed E-state index contributed by atoms with van der Waals surface area (Å²) in [5.74, 6) is -5.29. The maximum absolute atomic E-state index is 12.8. The van der Waals surface area contributed by atoms with Crippen LogP contribution in [-0.2, 0) is 11.2 Å². The number of ether oxygens (including phenoxy) is 1. The van der Waals surface area contributed by atoms with E-state index >= 15 is 0 Å². The Morgan fingerprint density at radius 3 is 2.44 bits per heavy atom. The first kappa shape index (κ1) is 21.9. The third kappa shape index (κ3) is 3.83. The lowest BCUT2D eigenvalue weighted by Crippen LogP contribution is -2.43. The van der Waals surface area contributed by atoms with Gasteiger partial charge in [-0.1, -0.05) is 19.1 Å². The average molecular weight is 451 g/mol. The molecule has 3 heterocycles. The molecule has 11 heteroatoms. The number of nitrogens with one attached hydrogen (secondary N) is 2. The van der Waals surface area contributed by atoms with E-state index in [9.17, 15) is 32.7 Å². The number of alkyl halides is 3. The third-order valence-electron chi connectivity index (χ3n) is 5.81. The Balaban J connectivity index is 1.76. The quantitative estimate of drug-likeness (QED) is 0.599. The molecule has 0 saturated carbocycles. The van der Waals surface area contributed by atoms with Crippen LogP contribution < -0.4 is 20.5 Å². The number of anilines is 1. The number of carbonyl (C=O) groups excluding carboxylic acids is 1. The zero-order valence-electron chi connectivity index (χ0n) is 17.0. The molecule has 32 heavy (non-hydrogen) atoms. The number of piperazine rings is 1. The molecule has 2 aliphatic heterocycles. The number of hydrogen-bond acceptors (Lipinski definition) is 6. The lowest BCUT2D eigenvalue weighted by atomic mass is 10.00. The standard InChI is InChI=1S/C21H20F3N3O5/c1-2-14-16(10-3-5-12(6-4-10)27-9-11-7-13(27)8-25-11)26-18(28)15(19(29)30)17(14)32-20(31)21(22,23)24/h3-6,11,13,25H,2,7-9H2,1H3,(H,26,28)(H,29,30). The van der Waals surface area contributed by atoms with E-state index in [1.165, 1.54) is 0 Å². The van der Waals surface area contributed by atoms with Crippen molar-refractivity contribution < 1.29 is 32.6 Å². The first-order chi connectivity index (χ1) is 15.1. The van der Waals surface area contributed by atoms with Crippen molar-refractivity contribution in [1.29, 1.82) is 0 Å². The second-order valence-corrected chi connectivity index (χ2v) is 7.75. The van der Waals surface area contributed by atoms with Gasteiger partial charge in [0.1, 0.15) is 0 Å². The summed E-state index contributed by atoms with van der Waals surface area (Å²) in [5.41, 5.74) is -0.719. The van der Waals surface area contributed by atoms with E-state index < -0.39 is 35.0 Å². The predicted molar refractivity (Wildman–Crippen MR) is 108 cm³/mol. The van der Waals surface area contributed by atoms with Crippen LogP contribution in [-0.4, -0.2) is 53.4 Å². The number of fused-ring (bicyclic) bond motifs is 2. The molecule has 3 N–H and O–H groups in total. The fourth-order valence-corrected chi connectivity index (χ4v) is 4.36. The van der Waals surface area contributed by atoms with Crippen LogP contribution in [0.25, 0.3) is 11.3 Å². The lowest BCUT2D eigenvalue weighted by molar-refractivity contribution is -0.189. The van der Waals surface area contributed by atoms with Gasteiger partial charge in [-0.15, -0.1) is 0 Å². The van der Waals surface area contributed by atoms with Crippen LogP contribution in [0.1, 0.15) is 29.3 Å². The zero-order chi connectivity index (χ0) is 23.2. The van der Waals surface area contributed by atoms with Gasteiger partial charge in [-0.2, -0.15) is 13.2 Å². The maximum atomic E-state index is 12.8. The predicted octanol–water partition coefficient (Wildman–Crippen LogP) is 2.32. The fraction of sp³-hybridized carbons (Fsp3) is 0.381. The first-order valence-electron chi connectivity index (χ1n) is 10.0. The van der Waals surface area contributed by atoms with Crippen LogP contribution >= 0.6 is 0 Å². The summed E-state index contributed by atoms with van der Waals surface area (Å²) in [6, 6.07) is 7.88. The summed E-state index contributed by atoms with van der Waals surface area (Å²) >= 11 is 0. The molecule has 0 aliphatic carbocycles. The van der Waals surface area contributed by atoms with Crippen molar-refractivity contribution in [2.75, 3.05) is 18.0 Å². The van der Waals surface area contributed by atoms with Gasteiger partial charge >= 0.3 is 18.1 Å². The second-order valence-electron chi connectivity index (χ2n) is 7.75. The summed E-state index contributed by atoms with van der Waals surface area (Å²) in [4.78, 5) is 40.1. The summed E-state index contributed by atoms with van der Waals surface area (Å²) in [6.45, 7) is 3.31. The monoisotopic (exact) mass is 451 g/mol. The number of carboxylic acids is 1. The van der Waals surface area contributed by atoms with Gasteiger partial charge in [0.05, 0.1) is 5.69 Å². The molecule has 170 valence electrons. The molecule has 2 saturated heterocycles. The maximum Gasteiger partial charge on any atom is 0.491 e. The van der Waals surface area contributed by atoms with Gasteiger partial charge in [-0.05, 0) is 30.5 Å². The van der Waals surface area contributed by atoms with Gasteiger partial charge in [0, 0.05) is 36.4 Å². The van der Waals surface area contributed by atoms with E-state index in [1.54, 1.807) is 19.1 Å². The summed E-state index contributed by atoms with van der Waals surface area (Å²) in [5, 5.41) is 12.8. The van der Waals surface area contributed by atoms with Crippen molar-refractivity contribution in [3.8, 4) is 17.0 Å². The molecule has 2 aromatic rings. The van der Waals surface area contributed by atoms with Crippen LogP contribution in [0, 0.1) is 0 Å². The number of benzene rings is 1. The van der Waals surface area contributed by atoms with E-state index in [1.807, 2.05) is 12.1 Å². The highest BCUT2D eigenvalue weighted by Gasteiger charge is 2.43. The Hall–Kier alpha value is -3.34. The van der Waals surface area contributed by atoms with E-state index in [0.717, 1.165) is 25.2 Å². The Morgan fingerprint density at radius 2 is 1.94 bits per heavy atom. The van der Waals surface area contributed by atoms with E-state index in [2.05, 4.69) is 19.9 Å². The van der Waals surface area contributed by atoms with Crippen molar-refractivity contribution in [3.05, 3.63) is 45.7 Å². The topological polar surface area (TPSA) is 112 Å². The van der Waals surface area contributed by atoms with Crippen LogP contribution in [0.2, 0.25) is 0 Å². The Kier molecular flexibility index (Phi) is 5.45. The molecule has 1 aromatic heterocycles. The Bertz CT molecular complexity index is 1130. The van der Waals surface area contributed by atoms with Gasteiger partial charge in [0.2, 0.25) is 0 Å². The number of carbonyl (C=O) groups is 2. The summed E-state index contributed by atoms with van der Waals surface area (Å²) in [7, 11) is 0. The van der Waals surface area contributed by atoms with Gasteiger partial charge < -0.3 is 25.0 Å². The van der Waals surface area contributed by atoms with E-state index in [4.69, 9.17) is 0 Å². The van der Waals surface area contributed by atoms with Crippen LogP contribution in [0.3, 0.4) is 0 Å². The minimum atomic E-state index is -5.35. The third-order valence-corrected chi connectivity index (χ3v) is 5.81. The van der Waals surface area contributed by atoms with Crippen molar-refractivity contribution >= 4 is 17.6 Å². The number of hydrogen-bond donors (Lipinski definition) is 3. The number of aromatic nitrogens is 1.